The fourth-order valence-corrected chi connectivity index (χ4v) is 2.56. The number of carbonyl (C=O) groups excluding carboxylic acids is 2. The molecule has 5 nitrogen and oxygen atoms in total. The molecule has 0 saturated carbocycles. The Kier molecular flexibility index (Phi) is 5.71. The SMILES string of the molecule is C=CCn1c(C)cc(C(=O)COC(=O)[C@H](O)c2ccccc2)c1C. The van der Waals surface area contributed by atoms with Crippen LogP contribution >= 0.6 is 0 Å². The van der Waals surface area contributed by atoms with Crippen LogP contribution in [0.2, 0.25) is 0 Å². The van der Waals surface area contributed by atoms with Crippen molar-refractivity contribution in [3.05, 3.63) is 71.6 Å². The van der Waals surface area contributed by atoms with E-state index >= 15 is 0 Å². The molecule has 24 heavy (non-hydrogen) atoms. The topological polar surface area (TPSA) is 68.5 Å². The van der Waals surface area contributed by atoms with Crippen molar-refractivity contribution in [1.29, 1.82) is 0 Å². The number of ether oxygens (including phenoxy) is 1. The molecular formula is C19H21NO4. The number of esters is 1. The number of hydrogen-bond donors (Lipinski definition) is 1. The van der Waals surface area contributed by atoms with Gasteiger partial charge in [-0.15, -0.1) is 6.58 Å². The summed E-state index contributed by atoms with van der Waals surface area (Å²) in [6, 6.07) is 10.2. The Morgan fingerprint density at radius 1 is 1.29 bits per heavy atom. The number of allylic oxidation sites excluding steroid dienone is 1. The molecule has 0 aliphatic rings. The highest BCUT2D eigenvalue weighted by atomic mass is 16.5. The van der Waals surface area contributed by atoms with Crippen molar-refractivity contribution in [2.75, 3.05) is 6.61 Å². The molecule has 0 spiro atoms. The van der Waals surface area contributed by atoms with Crippen LogP contribution in [0.1, 0.15) is 33.4 Å². The third-order valence-electron chi connectivity index (χ3n) is 3.87. The lowest BCUT2D eigenvalue weighted by Gasteiger charge is -2.10. The first-order chi connectivity index (χ1) is 11.5. The molecule has 0 aliphatic carbocycles. The summed E-state index contributed by atoms with van der Waals surface area (Å²) in [5.41, 5.74) is 2.68. The van der Waals surface area contributed by atoms with E-state index in [2.05, 4.69) is 6.58 Å². The number of rotatable bonds is 7. The van der Waals surface area contributed by atoms with Crippen LogP contribution in [0.15, 0.2) is 49.1 Å². The van der Waals surface area contributed by atoms with Crippen molar-refractivity contribution in [3.8, 4) is 0 Å². The maximum atomic E-state index is 12.3. The van der Waals surface area contributed by atoms with Gasteiger partial charge in [-0.3, -0.25) is 4.79 Å². The fraction of sp³-hybridized carbons (Fsp3) is 0.263. The molecule has 2 aromatic rings. The van der Waals surface area contributed by atoms with Crippen molar-refractivity contribution in [3.63, 3.8) is 0 Å². The van der Waals surface area contributed by atoms with E-state index in [0.717, 1.165) is 11.4 Å². The number of benzene rings is 1. The predicted molar refractivity (Wildman–Crippen MR) is 90.8 cm³/mol. The number of aliphatic hydroxyl groups excluding tert-OH is 1. The Balaban J connectivity index is 2.02. The van der Waals surface area contributed by atoms with Crippen LogP contribution < -0.4 is 0 Å². The molecule has 1 aromatic heterocycles. The monoisotopic (exact) mass is 327 g/mol. The highest BCUT2D eigenvalue weighted by Crippen LogP contribution is 2.17. The number of carbonyl (C=O) groups is 2. The fourth-order valence-electron chi connectivity index (χ4n) is 2.56. The molecule has 0 fully saturated rings. The minimum atomic E-state index is -1.40. The van der Waals surface area contributed by atoms with Crippen molar-refractivity contribution in [1.82, 2.24) is 4.57 Å². The molecule has 0 radical (unpaired) electrons. The molecular weight excluding hydrogens is 306 g/mol. The second kappa shape index (κ2) is 7.75. The summed E-state index contributed by atoms with van der Waals surface area (Å²) in [5, 5.41) is 9.94. The van der Waals surface area contributed by atoms with E-state index in [9.17, 15) is 14.7 Å². The Bertz CT molecular complexity index is 746. The van der Waals surface area contributed by atoms with Gasteiger partial charge in [0, 0.05) is 23.5 Å². The number of aromatic nitrogens is 1. The van der Waals surface area contributed by atoms with Gasteiger partial charge >= 0.3 is 5.97 Å². The lowest BCUT2D eigenvalue weighted by atomic mass is 10.1. The van der Waals surface area contributed by atoms with Gasteiger partial charge in [-0.25, -0.2) is 4.79 Å². The summed E-state index contributed by atoms with van der Waals surface area (Å²) in [6.45, 7) is 7.64. The van der Waals surface area contributed by atoms with E-state index in [1.807, 2.05) is 18.4 Å². The molecule has 0 amide bonds. The minimum absolute atomic E-state index is 0.299. The van der Waals surface area contributed by atoms with Crippen LogP contribution in [0, 0.1) is 13.8 Å². The molecule has 1 atom stereocenters. The lowest BCUT2D eigenvalue weighted by molar-refractivity contribution is -0.152. The summed E-state index contributed by atoms with van der Waals surface area (Å²) >= 11 is 0. The second-order valence-corrected chi connectivity index (χ2v) is 5.53. The summed E-state index contributed by atoms with van der Waals surface area (Å²) in [5.74, 6) is -1.14. The van der Waals surface area contributed by atoms with E-state index in [0.29, 0.717) is 17.7 Å². The Morgan fingerprint density at radius 3 is 2.58 bits per heavy atom. The van der Waals surface area contributed by atoms with Gasteiger partial charge in [0.15, 0.2) is 12.7 Å². The molecule has 0 unspecified atom stereocenters. The zero-order chi connectivity index (χ0) is 17.7. The number of hydrogen-bond acceptors (Lipinski definition) is 4. The molecule has 0 bridgehead atoms. The average Bonchev–Trinajstić information content (AvgIpc) is 2.88. The van der Waals surface area contributed by atoms with Crippen molar-refractivity contribution < 1.29 is 19.4 Å². The summed E-state index contributed by atoms with van der Waals surface area (Å²) in [7, 11) is 0. The molecule has 126 valence electrons. The summed E-state index contributed by atoms with van der Waals surface area (Å²) in [6.07, 6.45) is 0.358. The van der Waals surface area contributed by atoms with E-state index in [-0.39, 0.29) is 5.78 Å². The van der Waals surface area contributed by atoms with E-state index in [4.69, 9.17) is 4.74 Å². The number of Topliss-reactive ketones (excluding diaryl/α,β-unsaturated/α-hetero) is 1. The average molecular weight is 327 g/mol. The van der Waals surface area contributed by atoms with Crippen LogP contribution in [-0.4, -0.2) is 28.0 Å². The first-order valence-corrected chi connectivity index (χ1v) is 7.66. The maximum absolute atomic E-state index is 12.3. The highest BCUT2D eigenvalue weighted by molar-refractivity contribution is 5.99. The van der Waals surface area contributed by atoms with Crippen molar-refractivity contribution in [2.24, 2.45) is 0 Å². The third kappa shape index (κ3) is 3.81. The van der Waals surface area contributed by atoms with Gasteiger partial charge in [0.25, 0.3) is 0 Å². The highest BCUT2D eigenvalue weighted by Gasteiger charge is 2.21. The van der Waals surface area contributed by atoms with Gasteiger partial charge in [-0.1, -0.05) is 36.4 Å². The molecule has 5 heteroatoms. The van der Waals surface area contributed by atoms with E-state index < -0.39 is 18.7 Å². The molecule has 1 N–H and O–H groups in total. The van der Waals surface area contributed by atoms with Crippen LogP contribution in [-0.2, 0) is 16.1 Å². The van der Waals surface area contributed by atoms with Gasteiger partial charge in [0.2, 0.25) is 5.78 Å². The van der Waals surface area contributed by atoms with Crippen LogP contribution in [0.4, 0.5) is 0 Å². The van der Waals surface area contributed by atoms with Gasteiger partial charge in [-0.05, 0) is 25.5 Å². The van der Waals surface area contributed by atoms with Crippen LogP contribution in [0.3, 0.4) is 0 Å². The number of aryl methyl sites for hydroxylation is 1. The quantitative estimate of drug-likeness (QED) is 0.482. The van der Waals surface area contributed by atoms with Gasteiger partial charge in [0.05, 0.1) is 0 Å². The van der Waals surface area contributed by atoms with Gasteiger partial charge in [0.1, 0.15) is 0 Å². The van der Waals surface area contributed by atoms with Crippen molar-refractivity contribution in [2.45, 2.75) is 26.5 Å². The number of ketones is 1. The molecule has 0 saturated heterocycles. The van der Waals surface area contributed by atoms with Crippen LogP contribution in [0.25, 0.3) is 0 Å². The largest absolute Gasteiger partial charge is 0.455 e. The second-order valence-electron chi connectivity index (χ2n) is 5.53. The smallest absolute Gasteiger partial charge is 0.340 e. The lowest BCUT2D eigenvalue weighted by Crippen LogP contribution is -2.20. The van der Waals surface area contributed by atoms with Crippen LogP contribution in [0.5, 0.6) is 0 Å². The van der Waals surface area contributed by atoms with Gasteiger partial charge < -0.3 is 14.4 Å². The zero-order valence-corrected chi connectivity index (χ0v) is 13.9. The Labute approximate surface area is 141 Å². The first kappa shape index (κ1) is 17.7. The first-order valence-electron chi connectivity index (χ1n) is 7.66. The Hall–Kier alpha value is -2.66. The standard InChI is InChI=1S/C19H21NO4/c1-4-10-20-13(2)11-16(14(20)3)17(21)12-24-19(23)18(22)15-8-6-5-7-9-15/h4-9,11,18,22H,1,10,12H2,2-3H3/t18-/m1/s1. The van der Waals surface area contributed by atoms with Gasteiger partial charge in [-0.2, -0.15) is 0 Å². The van der Waals surface area contributed by atoms with E-state index in [1.54, 1.807) is 42.5 Å². The minimum Gasteiger partial charge on any atom is -0.455 e. The predicted octanol–water partition coefficient (Wildman–Crippen LogP) is 2.75. The number of aliphatic hydroxyl groups is 1. The normalized spacial score (nSPS) is 11.8. The number of nitrogens with zero attached hydrogens (tertiary/aromatic N) is 1. The molecule has 0 aliphatic heterocycles. The van der Waals surface area contributed by atoms with E-state index in [1.165, 1.54) is 0 Å². The molecule has 1 heterocycles. The van der Waals surface area contributed by atoms with Crippen molar-refractivity contribution >= 4 is 11.8 Å². The maximum Gasteiger partial charge on any atom is 0.340 e. The summed E-state index contributed by atoms with van der Waals surface area (Å²) < 4.78 is 6.93. The molecule has 2 rings (SSSR count). The Morgan fingerprint density at radius 2 is 1.96 bits per heavy atom. The third-order valence-corrected chi connectivity index (χ3v) is 3.87. The summed E-state index contributed by atoms with van der Waals surface area (Å²) in [4.78, 5) is 24.2. The zero-order valence-electron chi connectivity index (χ0n) is 13.9. The molecule has 1 aromatic carbocycles.